The molecule has 0 radical (unpaired) electrons. The predicted octanol–water partition coefficient (Wildman–Crippen LogP) is 2.38. The zero-order chi connectivity index (χ0) is 19.0. The van der Waals surface area contributed by atoms with Gasteiger partial charge in [-0.2, -0.15) is 0 Å². The van der Waals surface area contributed by atoms with Gasteiger partial charge in [-0.15, -0.1) is 0 Å². The molecule has 1 aromatic heterocycles. The monoisotopic (exact) mass is 353 g/mol. The summed E-state index contributed by atoms with van der Waals surface area (Å²) in [5.74, 6) is -2.12. The second-order valence-electron chi connectivity index (χ2n) is 5.83. The highest BCUT2D eigenvalue weighted by Crippen LogP contribution is 2.33. The van der Waals surface area contributed by atoms with E-state index in [0.29, 0.717) is 11.3 Å². The van der Waals surface area contributed by atoms with Crippen LogP contribution >= 0.6 is 0 Å². The van der Waals surface area contributed by atoms with Crippen LogP contribution < -0.4 is 16.8 Å². The lowest BCUT2D eigenvalue weighted by Gasteiger charge is -2.13. The zero-order valence-corrected chi connectivity index (χ0v) is 14.1. The quantitative estimate of drug-likeness (QED) is 0.667. The molecule has 0 aliphatic heterocycles. The van der Waals surface area contributed by atoms with E-state index in [1.807, 2.05) is 6.92 Å². The SMILES string of the molecule is CC(=O)Nc1ccc(C)c(-c2ccc3nc(C(N)=O)nc(N)c3c2F)c1. The van der Waals surface area contributed by atoms with Gasteiger partial charge in [0, 0.05) is 18.2 Å². The van der Waals surface area contributed by atoms with Crippen LogP contribution in [0.2, 0.25) is 0 Å². The number of benzene rings is 2. The van der Waals surface area contributed by atoms with E-state index >= 15 is 4.39 Å². The van der Waals surface area contributed by atoms with Crippen molar-refractivity contribution in [3.8, 4) is 11.1 Å². The molecule has 0 atom stereocenters. The van der Waals surface area contributed by atoms with Crippen LogP contribution in [0.1, 0.15) is 23.1 Å². The number of primary amides is 1. The molecule has 2 aromatic carbocycles. The minimum atomic E-state index is -0.845. The summed E-state index contributed by atoms with van der Waals surface area (Å²) in [7, 11) is 0. The number of aryl methyl sites for hydroxylation is 1. The van der Waals surface area contributed by atoms with Crippen molar-refractivity contribution >= 4 is 34.2 Å². The molecule has 7 nitrogen and oxygen atoms in total. The van der Waals surface area contributed by atoms with Crippen LogP contribution in [0.4, 0.5) is 15.9 Å². The smallest absolute Gasteiger partial charge is 0.286 e. The summed E-state index contributed by atoms with van der Waals surface area (Å²) in [6, 6.07) is 8.27. The van der Waals surface area contributed by atoms with Gasteiger partial charge in [0.2, 0.25) is 11.7 Å². The largest absolute Gasteiger partial charge is 0.383 e. The van der Waals surface area contributed by atoms with Crippen LogP contribution in [0.3, 0.4) is 0 Å². The Hall–Kier alpha value is -3.55. The number of carbonyl (C=O) groups is 2. The van der Waals surface area contributed by atoms with Crippen molar-refractivity contribution in [1.29, 1.82) is 0 Å². The second-order valence-corrected chi connectivity index (χ2v) is 5.83. The number of halogens is 1. The van der Waals surface area contributed by atoms with E-state index < -0.39 is 11.7 Å². The van der Waals surface area contributed by atoms with Crippen LogP contribution in [0.25, 0.3) is 22.0 Å². The minimum Gasteiger partial charge on any atom is -0.383 e. The normalized spacial score (nSPS) is 10.7. The topological polar surface area (TPSA) is 124 Å². The molecule has 0 saturated heterocycles. The van der Waals surface area contributed by atoms with E-state index in [2.05, 4.69) is 15.3 Å². The Morgan fingerprint density at radius 1 is 1.12 bits per heavy atom. The van der Waals surface area contributed by atoms with Crippen molar-refractivity contribution in [1.82, 2.24) is 9.97 Å². The molecule has 132 valence electrons. The Kier molecular flexibility index (Phi) is 4.25. The van der Waals surface area contributed by atoms with E-state index in [0.717, 1.165) is 5.56 Å². The first-order valence-corrected chi connectivity index (χ1v) is 7.72. The maximum absolute atomic E-state index is 15.2. The molecule has 5 N–H and O–H groups in total. The van der Waals surface area contributed by atoms with E-state index in [-0.39, 0.29) is 34.0 Å². The number of amides is 2. The van der Waals surface area contributed by atoms with Gasteiger partial charge in [-0.25, -0.2) is 14.4 Å². The van der Waals surface area contributed by atoms with Gasteiger partial charge in [-0.3, -0.25) is 9.59 Å². The first kappa shape index (κ1) is 17.3. The first-order chi connectivity index (χ1) is 12.3. The lowest BCUT2D eigenvalue weighted by atomic mass is 9.97. The summed E-state index contributed by atoms with van der Waals surface area (Å²) >= 11 is 0. The number of anilines is 2. The highest BCUT2D eigenvalue weighted by Gasteiger charge is 2.18. The Labute approximate surface area is 148 Å². The molecule has 0 aliphatic rings. The number of carbonyl (C=O) groups excluding carboxylic acids is 2. The van der Waals surface area contributed by atoms with E-state index in [9.17, 15) is 9.59 Å². The van der Waals surface area contributed by atoms with Gasteiger partial charge in [0.15, 0.2) is 0 Å². The van der Waals surface area contributed by atoms with Gasteiger partial charge in [-0.1, -0.05) is 6.07 Å². The third-order valence-electron chi connectivity index (χ3n) is 3.90. The number of nitrogens with zero attached hydrogens (tertiary/aromatic N) is 2. The average Bonchev–Trinajstić information content (AvgIpc) is 2.56. The average molecular weight is 353 g/mol. The van der Waals surface area contributed by atoms with Crippen molar-refractivity contribution in [2.75, 3.05) is 11.1 Å². The molecule has 3 aromatic rings. The number of nitrogens with one attached hydrogen (secondary N) is 1. The van der Waals surface area contributed by atoms with Crippen LogP contribution in [0.5, 0.6) is 0 Å². The molecule has 0 saturated carbocycles. The summed E-state index contributed by atoms with van der Waals surface area (Å²) in [6.45, 7) is 3.22. The molecule has 0 unspecified atom stereocenters. The number of nitrogens with two attached hydrogens (primary N) is 2. The number of nitrogen functional groups attached to an aromatic ring is 1. The van der Waals surface area contributed by atoms with Crippen LogP contribution in [-0.2, 0) is 4.79 Å². The van der Waals surface area contributed by atoms with Gasteiger partial charge >= 0.3 is 0 Å². The molecule has 0 spiro atoms. The Morgan fingerprint density at radius 3 is 2.50 bits per heavy atom. The molecule has 0 fully saturated rings. The van der Waals surface area contributed by atoms with E-state index in [1.54, 1.807) is 24.3 Å². The Morgan fingerprint density at radius 2 is 1.85 bits per heavy atom. The number of aromatic nitrogens is 2. The summed E-state index contributed by atoms with van der Waals surface area (Å²) in [4.78, 5) is 30.2. The summed E-state index contributed by atoms with van der Waals surface area (Å²) in [5, 5.41) is 2.68. The van der Waals surface area contributed by atoms with Gasteiger partial charge in [0.25, 0.3) is 5.91 Å². The predicted molar refractivity (Wildman–Crippen MR) is 96.9 cm³/mol. The van der Waals surface area contributed by atoms with Crippen LogP contribution in [-0.4, -0.2) is 21.8 Å². The molecule has 26 heavy (non-hydrogen) atoms. The van der Waals surface area contributed by atoms with Gasteiger partial charge in [0.05, 0.1) is 10.9 Å². The minimum absolute atomic E-state index is 0.0110. The number of hydrogen-bond donors (Lipinski definition) is 3. The highest BCUT2D eigenvalue weighted by molar-refractivity contribution is 5.97. The molecule has 8 heteroatoms. The van der Waals surface area contributed by atoms with Gasteiger partial charge < -0.3 is 16.8 Å². The van der Waals surface area contributed by atoms with Crippen molar-refractivity contribution in [2.24, 2.45) is 5.73 Å². The lowest BCUT2D eigenvalue weighted by molar-refractivity contribution is -0.114. The molecular formula is C18H16FN5O2. The molecule has 3 rings (SSSR count). The summed E-state index contributed by atoms with van der Waals surface area (Å²) < 4.78 is 15.2. The molecule has 0 aliphatic carbocycles. The zero-order valence-electron chi connectivity index (χ0n) is 14.1. The van der Waals surface area contributed by atoms with Crippen molar-refractivity contribution < 1.29 is 14.0 Å². The van der Waals surface area contributed by atoms with Gasteiger partial charge in [-0.05, 0) is 42.3 Å². The second kappa shape index (κ2) is 6.40. The third kappa shape index (κ3) is 3.04. The van der Waals surface area contributed by atoms with E-state index in [1.165, 1.54) is 13.0 Å². The highest BCUT2D eigenvalue weighted by atomic mass is 19.1. The standard InChI is InChI=1S/C18H16FN5O2/c1-8-3-4-10(22-9(2)25)7-12(8)11-5-6-13-14(15(11)19)16(20)24-18(23-13)17(21)26/h3-7H,1-2H3,(H2,21,26)(H,22,25)(H2,20,23,24). The molecular weight excluding hydrogens is 337 g/mol. The van der Waals surface area contributed by atoms with E-state index in [4.69, 9.17) is 11.5 Å². The fourth-order valence-electron chi connectivity index (χ4n) is 2.72. The number of fused-ring (bicyclic) bond motifs is 1. The van der Waals surface area contributed by atoms with Crippen molar-refractivity contribution in [3.05, 3.63) is 47.5 Å². The van der Waals surface area contributed by atoms with Crippen LogP contribution in [0, 0.1) is 12.7 Å². The van der Waals surface area contributed by atoms with Crippen LogP contribution in [0.15, 0.2) is 30.3 Å². The molecule has 0 bridgehead atoms. The van der Waals surface area contributed by atoms with Crippen molar-refractivity contribution in [2.45, 2.75) is 13.8 Å². The molecule has 1 heterocycles. The maximum atomic E-state index is 15.2. The maximum Gasteiger partial charge on any atom is 0.286 e. The first-order valence-electron chi connectivity index (χ1n) is 7.72. The number of hydrogen-bond acceptors (Lipinski definition) is 5. The summed E-state index contributed by atoms with van der Waals surface area (Å²) in [5.41, 5.74) is 13.4. The van der Waals surface area contributed by atoms with Gasteiger partial charge in [0.1, 0.15) is 11.6 Å². The molecule has 2 amide bonds. The van der Waals surface area contributed by atoms with Crippen molar-refractivity contribution in [3.63, 3.8) is 0 Å². The fraction of sp³-hybridized carbons (Fsp3) is 0.111. The fourth-order valence-corrected chi connectivity index (χ4v) is 2.72. The number of rotatable bonds is 3. The summed E-state index contributed by atoms with van der Waals surface area (Å²) in [6.07, 6.45) is 0. The Bertz CT molecular complexity index is 1070. The third-order valence-corrected chi connectivity index (χ3v) is 3.90. The lowest BCUT2D eigenvalue weighted by Crippen LogP contribution is -2.16. The Balaban J connectivity index is 2.22.